The number of thioether (sulfide) groups is 1. The van der Waals surface area contributed by atoms with Crippen LogP contribution in [0.15, 0.2) is 53.6 Å². The average Bonchev–Trinajstić information content (AvgIpc) is 2.60. The summed E-state index contributed by atoms with van der Waals surface area (Å²) in [6.45, 7) is 2.01. The van der Waals surface area contributed by atoms with Crippen LogP contribution in [0.1, 0.15) is 33.5 Å². The van der Waals surface area contributed by atoms with Gasteiger partial charge in [0.1, 0.15) is 0 Å². The van der Waals surface area contributed by atoms with Crippen LogP contribution in [0.3, 0.4) is 0 Å². The van der Waals surface area contributed by atoms with Crippen LogP contribution < -0.4 is 0 Å². The summed E-state index contributed by atoms with van der Waals surface area (Å²) in [4.78, 5) is 17.6. The highest BCUT2D eigenvalue weighted by Crippen LogP contribution is 2.31. The molecule has 120 valence electrons. The van der Waals surface area contributed by atoms with Crippen LogP contribution in [-0.2, 0) is 12.8 Å². The second-order valence-electron chi connectivity index (χ2n) is 6.35. The standard InChI is InChI=1S/C21H19NOS/c1-14-10-19-17(12-16-8-5-9-24-21(16)22-19)13-18(14)20(23)11-15-6-3-2-4-7-15/h2-4,6-7,10,12-13H,5,8-9,11H2,1H3. The molecule has 1 aliphatic rings. The average molecular weight is 333 g/mol. The summed E-state index contributed by atoms with van der Waals surface area (Å²) in [5, 5.41) is 2.25. The van der Waals surface area contributed by atoms with Gasteiger partial charge in [-0.3, -0.25) is 4.79 Å². The maximum atomic E-state index is 12.7. The number of aromatic nitrogens is 1. The molecule has 24 heavy (non-hydrogen) atoms. The number of hydrogen-bond acceptors (Lipinski definition) is 3. The first-order valence-electron chi connectivity index (χ1n) is 8.35. The molecule has 0 unspecified atom stereocenters. The van der Waals surface area contributed by atoms with Crippen molar-refractivity contribution in [1.29, 1.82) is 0 Å². The molecule has 0 bridgehead atoms. The highest BCUT2D eigenvalue weighted by Gasteiger charge is 2.16. The fraction of sp³-hybridized carbons (Fsp3) is 0.238. The Balaban J connectivity index is 1.72. The number of ketones is 1. The Bertz CT molecular complexity index is 918. The van der Waals surface area contributed by atoms with Crippen molar-refractivity contribution >= 4 is 28.4 Å². The molecule has 1 aliphatic heterocycles. The van der Waals surface area contributed by atoms with E-state index in [1.807, 2.05) is 55.1 Å². The molecule has 0 aliphatic carbocycles. The van der Waals surface area contributed by atoms with Crippen molar-refractivity contribution in [2.75, 3.05) is 5.75 Å². The van der Waals surface area contributed by atoms with E-state index < -0.39 is 0 Å². The third-order valence-corrected chi connectivity index (χ3v) is 5.66. The third kappa shape index (κ3) is 2.96. The lowest BCUT2D eigenvalue weighted by molar-refractivity contribution is 0.0992. The van der Waals surface area contributed by atoms with Gasteiger partial charge in [0.05, 0.1) is 10.5 Å². The maximum absolute atomic E-state index is 12.7. The Labute approximate surface area is 146 Å². The quantitative estimate of drug-likeness (QED) is 0.631. The third-order valence-electron chi connectivity index (χ3n) is 4.54. The number of nitrogens with zero attached hydrogens (tertiary/aromatic N) is 1. The normalized spacial score (nSPS) is 13.7. The van der Waals surface area contributed by atoms with Gasteiger partial charge in [-0.2, -0.15) is 0 Å². The van der Waals surface area contributed by atoms with Crippen molar-refractivity contribution in [2.45, 2.75) is 31.2 Å². The largest absolute Gasteiger partial charge is 0.294 e. The fourth-order valence-electron chi connectivity index (χ4n) is 3.26. The van der Waals surface area contributed by atoms with Crippen molar-refractivity contribution in [3.63, 3.8) is 0 Å². The van der Waals surface area contributed by atoms with Crippen LogP contribution >= 0.6 is 11.8 Å². The van der Waals surface area contributed by atoms with Gasteiger partial charge in [0.15, 0.2) is 5.78 Å². The van der Waals surface area contributed by atoms with Gasteiger partial charge in [-0.25, -0.2) is 4.98 Å². The van der Waals surface area contributed by atoms with Crippen LogP contribution in [0.2, 0.25) is 0 Å². The molecular weight excluding hydrogens is 314 g/mol. The van der Waals surface area contributed by atoms with Crippen LogP contribution in [0.5, 0.6) is 0 Å². The Hall–Kier alpha value is -2.13. The Kier molecular flexibility index (Phi) is 4.11. The summed E-state index contributed by atoms with van der Waals surface area (Å²) >= 11 is 1.84. The molecule has 0 saturated heterocycles. The number of carbonyl (C=O) groups is 1. The molecule has 2 heterocycles. The first kappa shape index (κ1) is 15.4. The minimum atomic E-state index is 0.174. The van der Waals surface area contributed by atoms with E-state index in [4.69, 9.17) is 4.98 Å². The highest BCUT2D eigenvalue weighted by molar-refractivity contribution is 7.99. The zero-order chi connectivity index (χ0) is 16.5. The number of fused-ring (bicyclic) bond motifs is 2. The second kappa shape index (κ2) is 6.40. The van der Waals surface area contributed by atoms with Crippen molar-refractivity contribution in [3.05, 3.63) is 70.8 Å². The molecule has 0 atom stereocenters. The van der Waals surface area contributed by atoms with E-state index in [2.05, 4.69) is 12.1 Å². The molecule has 0 fully saturated rings. The van der Waals surface area contributed by atoms with Crippen molar-refractivity contribution < 1.29 is 4.79 Å². The van der Waals surface area contributed by atoms with Gasteiger partial charge in [-0.05, 0) is 60.4 Å². The van der Waals surface area contributed by atoms with Crippen LogP contribution in [0, 0.1) is 6.92 Å². The molecule has 0 spiro atoms. The van der Waals surface area contributed by atoms with Gasteiger partial charge in [0, 0.05) is 17.4 Å². The number of aryl methyl sites for hydroxylation is 2. The molecule has 0 amide bonds. The van der Waals surface area contributed by atoms with Gasteiger partial charge in [0.2, 0.25) is 0 Å². The molecular formula is C21H19NOS. The van der Waals surface area contributed by atoms with Crippen LogP contribution in [-0.4, -0.2) is 16.5 Å². The zero-order valence-electron chi connectivity index (χ0n) is 13.7. The molecule has 0 saturated carbocycles. The summed E-state index contributed by atoms with van der Waals surface area (Å²) < 4.78 is 0. The summed E-state index contributed by atoms with van der Waals surface area (Å²) in [5.41, 5.74) is 5.20. The zero-order valence-corrected chi connectivity index (χ0v) is 14.5. The Morgan fingerprint density at radius 2 is 2.00 bits per heavy atom. The van der Waals surface area contributed by atoms with Gasteiger partial charge in [-0.15, -0.1) is 11.8 Å². The minimum Gasteiger partial charge on any atom is -0.294 e. The molecule has 2 aromatic carbocycles. The summed E-state index contributed by atoms with van der Waals surface area (Å²) in [5.74, 6) is 1.32. The molecule has 1 aromatic heterocycles. The number of rotatable bonds is 3. The van der Waals surface area contributed by atoms with E-state index in [1.165, 1.54) is 12.0 Å². The predicted molar refractivity (Wildman–Crippen MR) is 100 cm³/mol. The van der Waals surface area contributed by atoms with Crippen LogP contribution in [0.4, 0.5) is 0 Å². The number of carbonyl (C=O) groups excluding carboxylic acids is 1. The van der Waals surface area contributed by atoms with Crippen LogP contribution in [0.25, 0.3) is 10.9 Å². The Morgan fingerprint density at radius 1 is 1.17 bits per heavy atom. The lowest BCUT2D eigenvalue weighted by Crippen LogP contribution is -2.07. The van der Waals surface area contributed by atoms with E-state index >= 15 is 0 Å². The second-order valence-corrected chi connectivity index (χ2v) is 7.43. The molecule has 2 nitrogen and oxygen atoms in total. The summed E-state index contributed by atoms with van der Waals surface area (Å²) in [6.07, 6.45) is 2.74. The molecule has 3 aromatic rings. The number of Topliss-reactive ketones (excluding diaryl/α,β-unsaturated/α-hetero) is 1. The van der Waals surface area contributed by atoms with E-state index in [-0.39, 0.29) is 5.78 Å². The lowest BCUT2D eigenvalue weighted by atomic mass is 9.96. The number of hydrogen-bond donors (Lipinski definition) is 0. The number of pyridine rings is 1. The Morgan fingerprint density at radius 3 is 2.83 bits per heavy atom. The van der Waals surface area contributed by atoms with Gasteiger partial charge in [-0.1, -0.05) is 30.3 Å². The summed E-state index contributed by atoms with van der Waals surface area (Å²) in [6, 6.07) is 16.2. The fourth-order valence-corrected chi connectivity index (χ4v) is 4.26. The molecule has 0 radical (unpaired) electrons. The first-order valence-corrected chi connectivity index (χ1v) is 9.33. The first-order chi connectivity index (χ1) is 11.7. The maximum Gasteiger partial charge on any atom is 0.167 e. The van der Waals surface area contributed by atoms with Crippen molar-refractivity contribution in [3.8, 4) is 0 Å². The SMILES string of the molecule is Cc1cc2nc3c(cc2cc1C(=O)Cc1ccccc1)CCCS3. The van der Waals surface area contributed by atoms with E-state index in [0.717, 1.165) is 44.8 Å². The number of benzene rings is 2. The minimum absolute atomic E-state index is 0.174. The highest BCUT2D eigenvalue weighted by atomic mass is 32.2. The van der Waals surface area contributed by atoms with Crippen molar-refractivity contribution in [1.82, 2.24) is 4.98 Å². The lowest BCUT2D eigenvalue weighted by Gasteiger charge is -2.16. The molecule has 3 heteroatoms. The van der Waals surface area contributed by atoms with E-state index in [0.29, 0.717) is 6.42 Å². The molecule has 0 N–H and O–H groups in total. The smallest absolute Gasteiger partial charge is 0.167 e. The topological polar surface area (TPSA) is 30.0 Å². The van der Waals surface area contributed by atoms with Crippen molar-refractivity contribution in [2.24, 2.45) is 0 Å². The monoisotopic (exact) mass is 333 g/mol. The van der Waals surface area contributed by atoms with Gasteiger partial charge >= 0.3 is 0 Å². The van der Waals surface area contributed by atoms with Gasteiger partial charge < -0.3 is 0 Å². The van der Waals surface area contributed by atoms with E-state index in [9.17, 15) is 4.79 Å². The van der Waals surface area contributed by atoms with E-state index in [1.54, 1.807) is 0 Å². The van der Waals surface area contributed by atoms with Gasteiger partial charge in [0.25, 0.3) is 0 Å². The molecule has 4 rings (SSSR count). The predicted octanol–water partition coefficient (Wildman–Crippen LogP) is 5.01. The summed E-state index contributed by atoms with van der Waals surface area (Å²) in [7, 11) is 0.